The lowest BCUT2D eigenvalue weighted by molar-refractivity contribution is -0.127. The number of ether oxygens (including phenoxy) is 1. The number of hydrogen-bond donors (Lipinski definition) is 2. The molecular formula is C21H33N3O2S. The number of rotatable bonds is 9. The van der Waals surface area contributed by atoms with Crippen molar-refractivity contribution in [3.8, 4) is 5.75 Å². The van der Waals surface area contributed by atoms with Crippen LogP contribution >= 0.6 is 12.2 Å². The first-order valence-electron chi connectivity index (χ1n) is 10.2. The Kier molecular flexibility index (Phi) is 8.85. The average Bonchev–Trinajstić information content (AvgIpc) is 2.71. The Balaban J connectivity index is 2.06. The smallest absolute Gasteiger partial charge is 0.262 e. The molecule has 1 amide bonds. The molecule has 0 spiro atoms. The first kappa shape index (κ1) is 21.5. The van der Waals surface area contributed by atoms with Crippen LogP contribution in [0.1, 0.15) is 52.9 Å². The zero-order valence-corrected chi connectivity index (χ0v) is 17.6. The predicted molar refractivity (Wildman–Crippen MR) is 115 cm³/mol. The standard InChI is InChI=1S/C21H33N3O2S/c1-4-7-10-16(6-3)14-23-21(27)24-15-19(20(25)22-13-5-2)26-18-12-9-8-11-17(18)24/h8-9,11-12,16,19H,4-7,10,13-15H2,1-3H3,(H,22,25)(H,23,27)/t16-,19+/m0/s1. The molecule has 6 heteroatoms. The minimum absolute atomic E-state index is 0.0893. The highest BCUT2D eigenvalue weighted by Crippen LogP contribution is 2.33. The largest absolute Gasteiger partial charge is 0.477 e. The molecular weight excluding hydrogens is 358 g/mol. The normalized spacial score (nSPS) is 16.9. The molecule has 27 heavy (non-hydrogen) atoms. The lowest BCUT2D eigenvalue weighted by Crippen LogP contribution is -2.53. The van der Waals surface area contributed by atoms with Crippen molar-refractivity contribution < 1.29 is 9.53 Å². The number of hydrogen-bond acceptors (Lipinski definition) is 3. The van der Waals surface area contributed by atoms with Gasteiger partial charge in [-0.3, -0.25) is 4.79 Å². The van der Waals surface area contributed by atoms with Crippen LogP contribution in [0, 0.1) is 5.92 Å². The van der Waals surface area contributed by atoms with Crippen LogP contribution < -0.4 is 20.3 Å². The number of carbonyl (C=O) groups excluding carboxylic acids is 1. The molecule has 2 atom stereocenters. The number of amides is 1. The van der Waals surface area contributed by atoms with E-state index in [2.05, 4.69) is 24.5 Å². The van der Waals surface area contributed by atoms with E-state index in [1.165, 1.54) is 19.3 Å². The molecule has 0 aliphatic carbocycles. The Morgan fingerprint density at radius 2 is 2.04 bits per heavy atom. The van der Waals surface area contributed by atoms with Crippen molar-refractivity contribution in [1.82, 2.24) is 10.6 Å². The summed E-state index contributed by atoms with van der Waals surface area (Å²) >= 11 is 5.68. The first-order valence-corrected chi connectivity index (χ1v) is 10.6. The van der Waals surface area contributed by atoms with E-state index < -0.39 is 6.10 Å². The molecule has 0 saturated heterocycles. The van der Waals surface area contributed by atoms with Gasteiger partial charge in [0.1, 0.15) is 5.75 Å². The van der Waals surface area contributed by atoms with Gasteiger partial charge in [0.15, 0.2) is 11.2 Å². The molecule has 0 unspecified atom stereocenters. The van der Waals surface area contributed by atoms with Crippen molar-refractivity contribution in [2.75, 3.05) is 24.5 Å². The van der Waals surface area contributed by atoms with Crippen LogP contribution in [0.2, 0.25) is 0 Å². The number of thiocarbonyl (C=S) groups is 1. The lowest BCUT2D eigenvalue weighted by Gasteiger charge is -2.36. The van der Waals surface area contributed by atoms with Crippen molar-refractivity contribution in [2.45, 2.75) is 59.0 Å². The maximum absolute atomic E-state index is 12.4. The predicted octanol–water partition coefficient (Wildman–Crippen LogP) is 3.87. The van der Waals surface area contributed by atoms with E-state index in [1.807, 2.05) is 36.1 Å². The molecule has 1 aromatic rings. The number of carbonyl (C=O) groups is 1. The van der Waals surface area contributed by atoms with E-state index >= 15 is 0 Å². The van der Waals surface area contributed by atoms with Gasteiger partial charge in [-0.1, -0.05) is 52.2 Å². The van der Waals surface area contributed by atoms with E-state index in [-0.39, 0.29) is 5.91 Å². The SMILES string of the molecule is CCCC[C@H](CC)CNC(=S)N1C[C@H](C(=O)NCCC)Oc2ccccc21. The van der Waals surface area contributed by atoms with Gasteiger partial charge in [-0.05, 0) is 43.1 Å². The quantitative estimate of drug-likeness (QED) is 0.626. The summed E-state index contributed by atoms with van der Waals surface area (Å²) in [7, 11) is 0. The van der Waals surface area contributed by atoms with Gasteiger partial charge in [-0.25, -0.2) is 0 Å². The van der Waals surface area contributed by atoms with Gasteiger partial charge in [0, 0.05) is 13.1 Å². The summed E-state index contributed by atoms with van der Waals surface area (Å²) in [5, 5.41) is 7.01. The molecule has 0 aromatic heterocycles. The first-order chi connectivity index (χ1) is 13.1. The Morgan fingerprint density at radius 3 is 2.74 bits per heavy atom. The number of fused-ring (bicyclic) bond motifs is 1. The third-order valence-electron chi connectivity index (χ3n) is 4.95. The summed E-state index contributed by atoms with van der Waals surface area (Å²) < 4.78 is 5.93. The molecule has 0 radical (unpaired) electrons. The number of benzene rings is 1. The van der Waals surface area contributed by atoms with E-state index in [4.69, 9.17) is 17.0 Å². The Labute approximate surface area is 168 Å². The number of anilines is 1. The van der Waals surface area contributed by atoms with Crippen LogP contribution in [0.4, 0.5) is 5.69 Å². The number of unbranched alkanes of at least 4 members (excludes halogenated alkanes) is 1. The van der Waals surface area contributed by atoms with Gasteiger partial charge in [-0.15, -0.1) is 0 Å². The number of nitrogens with zero attached hydrogens (tertiary/aromatic N) is 1. The highest BCUT2D eigenvalue weighted by atomic mass is 32.1. The Hall–Kier alpha value is -1.82. The number of nitrogens with one attached hydrogen (secondary N) is 2. The zero-order valence-electron chi connectivity index (χ0n) is 16.8. The lowest BCUT2D eigenvalue weighted by atomic mass is 9.99. The van der Waals surface area contributed by atoms with Crippen LogP contribution in [-0.2, 0) is 4.79 Å². The molecule has 1 aliphatic heterocycles. The molecule has 1 aromatic carbocycles. The molecule has 2 N–H and O–H groups in total. The monoisotopic (exact) mass is 391 g/mol. The van der Waals surface area contributed by atoms with E-state index in [0.29, 0.717) is 29.9 Å². The molecule has 0 fully saturated rings. The second kappa shape index (κ2) is 11.1. The average molecular weight is 392 g/mol. The molecule has 2 rings (SSSR count). The third-order valence-corrected chi connectivity index (χ3v) is 5.31. The fourth-order valence-electron chi connectivity index (χ4n) is 3.20. The van der Waals surface area contributed by atoms with E-state index in [0.717, 1.165) is 25.1 Å². The van der Waals surface area contributed by atoms with Crippen molar-refractivity contribution in [2.24, 2.45) is 5.92 Å². The molecule has 0 bridgehead atoms. The topological polar surface area (TPSA) is 53.6 Å². The van der Waals surface area contributed by atoms with Gasteiger partial charge < -0.3 is 20.3 Å². The van der Waals surface area contributed by atoms with Gasteiger partial charge in [0.05, 0.1) is 12.2 Å². The minimum Gasteiger partial charge on any atom is -0.477 e. The highest BCUT2D eigenvalue weighted by molar-refractivity contribution is 7.80. The minimum atomic E-state index is -0.562. The van der Waals surface area contributed by atoms with Crippen molar-refractivity contribution >= 4 is 28.9 Å². The zero-order chi connectivity index (χ0) is 19.6. The van der Waals surface area contributed by atoms with E-state index in [9.17, 15) is 4.79 Å². The molecule has 1 heterocycles. The number of para-hydroxylation sites is 2. The van der Waals surface area contributed by atoms with Crippen LogP contribution in [0.25, 0.3) is 0 Å². The van der Waals surface area contributed by atoms with Crippen LogP contribution in [0.5, 0.6) is 5.75 Å². The van der Waals surface area contributed by atoms with Crippen molar-refractivity contribution in [3.05, 3.63) is 24.3 Å². The van der Waals surface area contributed by atoms with Gasteiger partial charge in [0.2, 0.25) is 0 Å². The summed E-state index contributed by atoms with van der Waals surface area (Å²) in [6.07, 6.45) is 5.14. The summed E-state index contributed by atoms with van der Waals surface area (Å²) in [5.41, 5.74) is 0.913. The van der Waals surface area contributed by atoms with Gasteiger partial charge in [-0.2, -0.15) is 0 Å². The van der Waals surface area contributed by atoms with Crippen LogP contribution in [-0.4, -0.2) is 36.8 Å². The molecule has 150 valence electrons. The molecule has 0 saturated carbocycles. The Bertz CT molecular complexity index is 623. The second-order valence-electron chi connectivity index (χ2n) is 7.08. The van der Waals surface area contributed by atoms with Crippen molar-refractivity contribution in [3.63, 3.8) is 0 Å². The van der Waals surface area contributed by atoms with E-state index in [1.54, 1.807) is 0 Å². The fraction of sp³-hybridized carbons (Fsp3) is 0.619. The summed E-state index contributed by atoms with van der Waals surface area (Å²) in [6, 6.07) is 7.75. The summed E-state index contributed by atoms with van der Waals surface area (Å²) in [6.45, 7) is 8.41. The summed E-state index contributed by atoms with van der Waals surface area (Å²) in [4.78, 5) is 14.4. The maximum Gasteiger partial charge on any atom is 0.262 e. The second-order valence-corrected chi connectivity index (χ2v) is 7.47. The highest BCUT2D eigenvalue weighted by Gasteiger charge is 2.32. The van der Waals surface area contributed by atoms with Crippen LogP contribution in [0.3, 0.4) is 0 Å². The van der Waals surface area contributed by atoms with Gasteiger partial charge in [0.25, 0.3) is 5.91 Å². The Morgan fingerprint density at radius 1 is 1.26 bits per heavy atom. The molecule has 5 nitrogen and oxygen atoms in total. The molecule has 1 aliphatic rings. The third kappa shape index (κ3) is 6.09. The fourth-order valence-corrected chi connectivity index (χ4v) is 3.45. The maximum atomic E-state index is 12.4. The van der Waals surface area contributed by atoms with Crippen molar-refractivity contribution in [1.29, 1.82) is 0 Å². The summed E-state index contributed by atoms with van der Waals surface area (Å²) in [5.74, 6) is 1.22. The van der Waals surface area contributed by atoms with Crippen LogP contribution in [0.15, 0.2) is 24.3 Å². The van der Waals surface area contributed by atoms with Gasteiger partial charge >= 0.3 is 0 Å².